The Balaban J connectivity index is -0.0000000397. The molecule has 0 fully saturated rings. The Hall–Kier alpha value is -0.520. The summed E-state index contributed by atoms with van der Waals surface area (Å²) in [6.07, 6.45) is 2.86. The molecule has 0 aromatic heterocycles. The third-order valence-electron chi connectivity index (χ3n) is 0.604. The zero-order valence-corrected chi connectivity index (χ0v) is 10.2. The number of allylic oxidation sites excluding steroid dienone is 2. The smallest absolute Gasteiger partial charge is 0.0354 e. The van der Waals surface area contributed by atoms with Crippen LogP contribution in [0.3, 0.4) is 0 Å². The van der Waals surface area contributed by atoms with Crippen LogP contribution in [-0.2, 0) is 0 Å². The Morgan fingerprint density at radius 3 is 1.25 bits per heavy atom. The van der Waals surface area contributed by atoms with Crippen LogP contribution in [0.5, 0.6) is 0 Å². The lowest BCUT2D eigenvalue weighted by Gasteiger charge is -1.79. The maximum Gasteiger partial charge on any atom is -0.0354 e. The standard InChI is InChI=1S/C5H10.C3H6.2C2H6/c1-4-5(2)3;1-3-2;2*1-2/h2,4H2,1,3H3;3H,1H2,2H3;2*1-2H3. The zero-order valence-electron chi connectivity index (χ0n) is 10.2. The molecule has 0 aromatic carbocycles. The van der Waals surface area contributed by atoms with Crippen molar-refractivity contribution in [3.63, 3.8) is 0 Å². The van der Waals surface area contributed by atoms with Gasteiger partial charge < -0.3 is 0 Å². The second-order valence-electron chi connectivity index (χ2n) is 1.72. The van der Waals surface area contributed by atoms with E-state index in [4.69, 9.17) is 0 Å². The largest absolute Gasteiger partial charge is 0.103 e. The van der Waals surface area contributed by atoms with Crippen LogP contribution in [0.1, 0.15) is 54.9 Å². The molecule has 0 saturated carbocycles. The minimum Gasteiger partial charge on any atom is -0.103 e. The molecule has 0 aliphatic rings. The highest BCUT2D eigenvalue weighted by Gasteiger charge is 1.67. The fourth-order valence-corrected chi connectivity index (χ4v) is 0. The molecule has 0 aromatic rings. The van der Waals surface area contributed by atoms with Gasteiger partial charge in [0, 0.05) is 0 Å². The van der Waals surface area contributed by atoms with Gasteiger partial charge in [-0.15, -0.1) is 13.2 Å². The fourth-order valence-electron chi connectivity index (χ4n) is 0. The summed E-state index contributed by atoms with van der Waals surface area (Å²) in [5.74, 6) is 0. The maximum atomic E-state index is 3.67. The molecule has 0 bridgehead atoms. The van der Waals surface area contributed by atoms with E-state index in [9.17, 15) is 0 Å². The van der Waals surface area contributed by atoms with E-state index in [0.29, 0.717) is 0 Å². The van der Waals surface area contributed by atoms with Gasteiger partial charge in [-0.25, -0.2) is 0 Å². The van der Waals surface area contributed by atoms with Gasteiger partial charge in [-0.2, -0.15) is 0 Å². The van der Waals surface area contributed by atoms with Gasteiger partial charge in [-0.1, -0.05) is 46.3 Å². The molecule has 0 aliphatic carbocycles. The lowest BCUT2D eigenvalue weighted by Crippen LogP contribution is -1.58. The van der Waals surface area contributed by atoms with E-state index in [1.165, 1.54) is 5.57 Å². The molecule has 0 heteroatoms. The monoisotopic (exact) mass is 172 g/mol. The summed E-state index contributed by atoms with van der Waals surface area (Å²) in [4.78, 5) is 0. The third kappa shape index (κ3) is 311. The minimum atomic E-state index is 1.11. The van der Waals surface area contributed by atoms with Crippen molar-refractivity contribution in [1.82, 2.24) is 0 Å². The molecule has 0 unspecified atom stereocenters. The number of hydrogen-bond donors (Lipinski definition) is 0. The first kappa shape index (κ1) is 22.5. The molecule has 0 rings (SSSR count). The van der Waals surface area contributed by atoms with Crippen molar-refractivity contribution in [3.8, 4) is 0 Å². The molecule has 12 heavy (non-hydrogen) atoms. The maximum absolute atomic E-state index is 3.67. The van der Waals surface area contributed by atoms with Crippen LogP contribution in [0, 0.1) is 0 Å². The van der Waals surface area contributed by atoms with Gasteiger partial charge >= 0.3 is 0 Å². The predicted octanol–water partition coefficient (Wildman–Crippen LogP) is 5.22. The van der Waals surface area contributed by atoms with Crippen molar-refractivity contribution < 1.29 is 0 Å². The summed E-state index contributed by atoms with van der Waals surface area (Å²) in [6, 6.07) is 0. The summed E-state index contributed by atoms with van der Waals surface area (Å²) >= 11 is 0. The SMILES string of the molecule is C=C(C)CC.C=CC.CC.CC. The van der Waals surface area contributed by atoms with E-state index in [1.807, 2.05) is 41.5 Å². The predicted molar refractivity (Wildman–Crippen MR) is 63.7 cm³/mol. The van der Waals surface area contributed by atoms with Gasteiger partial charge in [-0.3, -0.25) is 0 Å². The van der Waals surface area contributed by atoms with E-state index in [2.05, 4.69) is 20.1 Å². The third-order valence-corrected chi connectivity index (χ3v) is 0.604. The highest BCUT2D eigenvalue weighted by molar-refractivity contribution is 4.84. The molecule has 76 valence electrons. The second-order valence-corrected chi connectivity index (χ2v) is 1.72. The van der Waals surface area contributed by atoms with Crippen molar-refractivity contribution in [1.29, 1.82) is 0 Å². The van der Waals surface area contributed by atoms with Crippen molar-refractivity contribution in [2.24, 2.45) is 0 Å². The van der Waals surface area contributed by atoms with Crippen LogP contribution in [0.25, 0.3) is 0 Å². The van der Waals surface area contributed by atoms with E-state index >= 15 is 0 Å². The Bertz CT molecular complexity index is 60.4. The van der Waals surface area contributed by atoms with Crippen molar-refractivity contribution >= 4 is 0 Å². The van der Waals surface area contributed by atoms with Crippen LogP contribution < -0.4 is 0 Å². The highest BCUT2D eigenvalue weighted by atomic mass is 13.7. The molecular formula is C12H28. The molecule has 0 amide bonds. The van der Waals surface area contributed by atoms with E-state index < -0.39 is 0 Å². The second kappa shape index (κ2) is 46.9. The molecule has 0 nitrogen and oxygen atoms in total. The molecule has 0 atom stereocenters. The van der Waals surface area contributed by atoms with Gasteiger partial charge in [0.1, 0.15) is 0 Å². The van der Waals surface area contributed by atoms with Gasteiger partial charge in [0.25, 0.3) is 0 Å². The first-order chi connectivity index (χ1) is 5.68. The molecular weight excluding hydrogens is 144 g/mol. The lowest BCUT2D eigenvalue weighted by atomic mass is 10.3. The summed E-state index contributed by atoms with van der Waals surface area (Å²) in [5, 5.41) is 0. The summed E-state index contributed by atoms with van der Waals surface area (Å²) in [6.45, 7) is 21.1. The Kier molecular flexibility index (Phi) is 88.1. The lowest BCUT2D eigenvalue weighted by molar-refractivity contribution is 1.11. The quantitative estimate of drug-likeness (QED) is 0.476. The first-order valence-corrected chi connectivity index (χ1v) is 4.90. The van der Waals surface area contributed by atoms with Gasteiger partial charge in [0.2, 0.25) is 0 Å². The Labute approximate surface area is 80.4 Å². The highest BCUT2D eigenvalue weighted by Crippen LogP contribution is 1.88. The molecule has 0 radical (unpaired) electrons. The van der Waals surface area contributed by atoms with Crippen molar-refractivity contribution in [3.05, 3.63) is 24.8 Å². The van der Waals surface area contributed by atoms with E-state index in [-0.39, 0.29) is 0 Å². The van der Waals surface area contributed by atoms with Crippen molar-refractivity contribution in [2.45, 2.75) is 54.9 Å². The Morgan fingerprint density at radius 2 is 1.25 bits per heavy atom. The van der Waals surface area contributed by atoms with Crippen LogP contribution in [0.4, 0.5) is 0 Å². The Morgan fingerprint density at radius 1 is 1.17 bits per heavy atom. The van der Waals surface area contributed by atoms with Crippen LogP contribution >= 0.6 is 0 Å². The van der Waals surface area contributed by atoms with Crippen LogP contribution in [-0.4, -0.2) is 0 Å². The summed E-state index contributed by atoms with van der Waals surface area (Å²) in [5.41, 5.74) is 1.25. The minimum absolute atomic E-state index is 1.11. The van der Waals surface area contributed by atoms with Crippen LogP contribution in [0.2, 0.25) is 0 Å². The topological polar surface area (TPSA) is 0 Å². The molecule has 0 spiro atoms. The molecule has 0 saturated heterocycles. The molecule has 0 aliphatic heterocycles. The fraction of sp³-hybridized carbons (Fsp3) is 0.667. The van der Waals surface area contributed by atoms with E-state index in [1.54, 1.807) is 6.08 Å². The van der Waals surface area contributed by atoms with Gasteiger partial charge in [-0.05, 0) is 20.3 Å². The molecule has 0 heterocycles. The number of hydrogen-bond acceptors (Lipinski definition) is 0. The molecule has 0 N–H and O–H groups in total. The van der Waals surface area contributed by atoms with Gasteiger partial charge in [0.05, 0.1) is 0 Å². The first-order valence-electron chi connectivity index (χ1n) is 4.90. The average molecular weight is 172 g/mol. The normalized spacial score (nSPS) is 5.25. The van der Waals surface area contributed by atoms with Gasteiger partial charge in [0.15, 0.2) is 0 Å². The van der Waals surface area contributed by atoms with E-state index in [0.717, 1.165) is 6.42 Å². The zero-order chi connectivity index (χ0) is 11.0. The average Bonchev–Trinajstić information content (AvgIpc) is 2.13. The summed E-state index contributed by atoms with van der Waals surface area (Å²) in [7, 11) is 0. The number of rotatable bonds is 1. The van der Waals surface area contributed by atoms with Crippen LogP contribution in [0.15, 0.2) is 24.8 Å². The summed E-state index contributed by atoms with van der Waals surface area (Å²) < 4.78 is 0. The van der Waals surface area contributed by atoms with Crippen molar-refractivity contribution in [2.75, 3.05) is 0 Å².